The van der Waals surface area contributed by atoms with Gasteiger partial charge in [0.05, 0.1) is 18.5 Å². The van der Waals surface area contributed by atoms with Crippen LogP contribution in [0.2, 0.25) is 0 Å². The first-order valence-corrected chi connectivity index (χ1v) is 6.52. The summed E-state index contributed by atoms with van der Waals surface area (Å²) in [5.41, 5.74) is 8.28. The highest BCUT2D eigenvalue weighted by atomic mass is 16.5. The third-order valence-corrected chi connectivity index (χ3v) is 3.39. The molecule has 0 amide bonds. The molecule has 0 unspecified atom stereocenters. The zero-order valence-electron chi connectivity index (χ0n) is 11.4. The molecule has 1 N–H and O–H groups in total. The van der Waals surface area contributed by atoms with E-state index in [1.165, 1.54) is 5.56 Å². The molecule has 0 fully saturated rings. The van der Waals surface area contributed by atoms with Crippen molar-refractivity contribution in [3.05, 3.63) is 71.8 Å². The predicted molar refractivity (Wildman–Crippen MR) is 81.8 cm³/mol. The molecule has 0 aliphatic carbocycles. The quantitative estimate of drug-likeness (QED) is 0.923. The summed E-state index contributed by atoms with van der Waals surface area (Å²) in [6.45, 7) is 3.99. The Labute approximate surface area is 118 Å². The third kappa shape index (κ3) is 2.30. The summed E-state index contributed by atoms with van der Waals surface area (Å²) >= 11 is 0. The van der Waals surface area contributed by atoms with Crippen LogP contribution in [0.25, 0.3) is 5.70 Å². The van der Waals surface area contributed by atoms with E-state index in [1.54, 1.807) is 7.11 Å². The van der Waals surface area contributed by atoms with Crippen molar-refractivity contribution in [1.29, 1.82) is 0 Å². The fourth-order valence-corrected chi connectivity index (χ4v) is 2.36. The molecule has 100 valence electrons. The van der Waals surface area contributed by atoms with Gasteiger partial charge >= 0.3 is 0 Å². The number of hydrogen-bond donors (Lipinski definition) is 1. The predicted octanol–water partition coefficient (Wildman–Crippen LogP) is 3.22. The van der Waals surface area contributed by atoms with E-state index in [1.807, 2.05) is 30.3 Å². The number of hydrazone groups is 1. The van der Waals surface area contributed by atoms with Crippen molar-refractivity contribution in [1.82, 2.24) is 5.43 Å². The van der Waals surface area contributed by atoms with Crippen molar-refractivity contribution < 1.29 is 4.74 Å². The maximum atomic E-state index is 5.26. The van der Waals surface area contributed by atoms with Gasteiger partial charge in [-0.15, -0.1) is 0 Å². The first-order chi connectivity index (χ1) is 9.78. The maximum absolute atomic E-state index is 5.26. The second-order valence-corrected chi connectivity index (χ2v) is 4.72. The molecule has 3 heteroatoms. The fraction of sp³-hybridized carbons (Fsp3) is 0.118. The highest BCUT2D eigenvalue weighted by Crippen LogP contribution is 2.23. The van der Waals surface area contributed by atoms with Crippen LogP contribution in [0.15, 0.2) is 60.2 Å². The molecule has 20 heavy (non-hydrogen) atoms. The fourth-order valence-electron chi connectivity index (χ4n) is 2.36. The molecule has 3 rings (SSSR count). The highest BCUT2D eigenvalue weighted by molar-refractivity contribution is 6.06. The van der Waals surface area contributed by atoms with Crippen molar-refractivity contribution >= 4 is 11.4 Å². The number of methoxy groups -OCH3 is 1. The minimum Gasteiger partial charge on any atom is -0.497 e. The monoisotopic (exact) mass is 264 g/mol. The van der Waals surface area contributed by atoms with E-state index >= 15 is 0 Å². The van der Waals surface area contributed by atoms with E-state index in [0.29, 0.717) is 0 Å². The van der Waals surface area contributed by atoms with Crippen molar-refractivity contribution in [2.45, 2.75) is 6.42 Å². The molecule has 3 nitrogen and oxygen atoms in total. The Hall–Kier alpha value is -2.55. The second kappa shape index (κ2) is 5.21. The SMILES string of the molecule is C=C1NN=C(Cc2cccc(OC)c2)c2ccccc21. The lowest BCUT2D eigenvalue weighted by Crippen LogP contribution is -2.20. The number of hydrogen-bond acceptors (Lipinski definition) is 3. The minimum absolute atomic E-state index is 0.758. The third-order valence-electron chi connectivity index (χ3n) is 3.39. The summed E-state index contributed by atoms with van der Waals surface area (Å²) in [7, 11) is 1.68. The van der Waals surface area contributed by atoms with Crippen molar-refractivity contribution in [3.63, 3.8) is 0 Å². The molecule has 2 aromatic rings. The molecule has 0 bridgehead atoms. The van der Waals surface area contributed by atoms with Gasteiger partial charge in [0.25, 0.3) is 0 Å². The lowest BCUT2D eigenvalue weighted by Gasteiger charge is -2.19. The van der Waals surface area contributed by atoms with Crippen LogP contribution in [0.3, 0.4) is 0 Å². The summed E-state index contributed by atoms with van der Waals surface area (Å²) < 4.78 is 5.26. The van der Waals surface area contributed by atoms with Gasteiger partial charge in [-0.1, -0.05) is 43.0 Å². The first-order valence-electron chi connectivity index (χ1n) is 6.52. The van der Waals surface area contributed by atoms with Crippen LogP contribution in [0.4, 0.5) is 0 Å². The van der Waals surface area contributed by atoms with Gasteiger partial charge in [0.1, 0.15) is 5.75 Å². The van der Waals surface area contributed by atoms with Crippen LogP contribution >= 0.6 is 0 Å². The van der Waals surface area contributed by atoms with Gasteiger partial charge in [0.15, 0.2) is 0 Å². The topological polar surface area (TPSA) is 33.6 Å². The molecule has 0 saturated carbocycles. The molecule has 1 aliphatic heterocycles. The maximum Gasteiger partial charge on any atom is 0.119 e. The average Bonchev–Trinajstić information content (AvgIpc) is 2.51. The van der Waals surface area contributed by atoms with Crippen molar-refractivity contribution in [2.24, 2.45) is 5.10 Å². The molecule has 2 aromatic carbocycles. The average molecular weight is 264 g/mol. The van der Waals surface area contributed by atoms with Gasteiger partial charge in [-0.3, -0.25) is 5.43 Å². The lowest BCUT2D eigenvalue weighted by atomic mass is 9.95. The van der Waals surface area contributed by atoms with Crippen LogP contribution in [-0.4, -0.2) is 12.8 Å². The standard InChI is InChI=1S/C17H16N2O/c1-12-15-8-3-4-9-16(15)17(19-18-12)11-13-6-5-7-14(10-13)20-2/h3-10,18H,1,11H2,2H3. The summed E-state index contributed by atoms with van der Waals surface area (Å²) in [5, 5.41) is 4.43. The Kier molecular flexibility index (Phi) is 3.25. The zero-order chi connectivity index (χ0) is 13.9. The zero-order valence-corrected chi connectivity index (χ0v) is 11.4. The molecule has 1 heterocycles. The van der Waals surface area contributed by atoms with Gasteiger partial charge in [0.2, 0.25) is 0 Å². The lowest BCUT2D eigenvalue weighted by molar-refractivity contribution is 0.414. The Morgan fingerprint density at radius 2 is 1.90 bits per heavy atom. The number of rotatable bonds is 3. The Morgan fingerprint density at radius 1 is 1.10 bits per heavy atom. The Morgan fingerprint density at radius 3 is 2.70 bits per heavy atom. The van der Waals surface area contributed by atoms with Gasteiger partial charge in [-0.25, -0.2) is 0 Å². The van der Waals surface area contributed by atoms with Gasteiger partial charge in [0, 0.05) is 17.5 Å². The van der Waals surface area contributed by atoms with E-state index in [-0.39, 0.29) is 0 Å². The van der Waals surface area contributed by atoms with Crippen LogP contribution in [-0.2, 0) is 6.42 Å². The highest BCUT2D eigenvalue weighted by Gasteiger charge is 2.16. The van der Waals surface area contributed by atoms with Crippen LogP contribution in [0.5, 0.6) is 5.75 Å². The number of nitrogens with one attached hydrogen (secondary N) is 1. The van der Waals surface area contributed by atoms with E-state index in [0.717, 1.165) is 34.7 Å². The van der Waals surface area contributed by atoms with Crippen molar-refractivity contribution in [3.8, 4) is 5.75 Å². The van der Waals surface area contributed by atoms with Crippen LogP contribution in [0, 0.1) is 0 Å². The van der Waals surface area contributed by atoms with Gasteiger partial charge in [-0.05, 0) is 17.7 Å². The largest absolute Gasteiger partial charge is 0.497 e. The summed E-state index contributed by atoms with van der Waals surface area (Å²) in [4.78, 5) is 0. The molecule has 1 aliphatic rings. The summed E-state index contributed by atoms with van der Waals surface area (Å²) in [6, 6.07) is 16.2. The Bertz CT molecular complexity index is 689. The van der Waals surface area contributed by atoms with Gasteiger partial charge < -0.3 is 4.74 Å². The number of fused-ring (bicyclic) bond motifs is 1. The van der Waals surface area contributed by atoms with E-state index in [2.05, 4.69) is 35.3 Å². The second-order valence-electron chi connectivity index (χ2n) is 4.72. The number of ether oxygens (including phenoxy) is 1. The summed E-state index contributed by atoms with van der Waals surface area (Å²) in [6.07, 6.45) is 0.758. The first kappa shape index (κ1) is 12.5. The van der Waals surface area contributed by atoms with Crippen LogP contribution in [0.1, 0.15) is 16.7 Å². The van der Waals surface area contributed by atoms with E-state index < -0.39 is 0 Å². The smallest absolute Gasteiger partial charge is 0.119 e. The summed E-state index contributed by atoms with van der Waals surface area (Å²) in [5.74, 6) is 0.865. The molecule has 0 aromatic heterocycles. The molecule has 0 radical (unpaired) electrons. The van der Waals surface area contributed by atoms with Crippen molar-refractivity contribution in [2.75, 3.05) is 7.11 Å². The van der Waals surface area contributed by atoms with E-state index in [4.69, 9.17) is 4.74 Å². The number of nitrogens with zero attached hydrogens (tertiary/aromatic N) is 1. The molecular formula is C17H16N2O. The Balaban J connectivity index is 1.93. The number of benzene rings is 2. The molecule has 0 spiro atoms. The van der Waals surface area contributed by atoms with E-state index in [9.17, 15) is 0 Å². The van der Waals surface area contributed by atoms with Gasteiger partial charge in [-0.2, -0.15) is 5.10 Å². The minimum atomic E-state index is 0.758. The van der Waals surface area contributed by atoms with Crippen LogP contribution < -0.4 is 10.2 Å². The molecular weight excluding hydrogens is 248 g/mol. The molecule has 0 atom stereocenters. The molecule has 0 saturated heterocycles. The normalized spacial score (nSPS) is 13.2.